The minimum atomic E-state index is -0.849. The van der Waals surface area contributed by atoms with Crippen molar-refractivity contribution in [1.82, 2.24) is 15.5 Å². The number of anilines is 1. The van der Waals surface area contributed by atoms with Gasteiger partial charge in [-0.3, -0.25) is 9.59 Å². The molecule has 0 aromatic heterocycles. The van der Waals surface area contributed by atoms with Crippen LogP contribution in [0.2, 0.25) is 0 Å². The lowest BCUT2D eigenvalue weighted by Crippen LogP contribution is -2.48. The maximum absolute atomic E-state index is 13.3. The number of nitrogens with one attached hydrogen (secondary N) is 2. The second-order valence-electron chi connectivity index (χ2n) is 9.54. The van der Waals surface area contributed by atoms with Crippen molar-refractivity contribution < 1.29 is 14.7 Å². The number of aliphatic hydroxyl groups excluding tert-OH is 1. The number of aliphatic hydroxyl groups is 1. The third-order valence-electron chi connectivity index (χ3n) is 6.45. The van der Waals surface area contributed by atoms with Crippen LogP contribution in [0.1, 0.15) is 58.5 Å². The summed E-state index contributed by atoms with van der Waals surface area (Å²) < 4.78 is 0. The highest BCUT2D eigenvalue weighted by atomic mass is 16.3. The van der Waals surface area contributed by atoms with Crippen molar-refractivity contribution in [3.8, 4) is 0 Å². The maximum atomic E-state index is 13.3. The molecule has 2 amide bonds. The highest BCUT2D eigenvalue weighted by molar-refractivity contribution is 5.99. The zero-order valence-corrected chi connectivity index (χ0v) is 22.4. The first-order chi connectivity index (χ1) is 18.4. The van der Waals surface area contributed by atoms with E-state index in [1.54, 1.807) is 24.3 Å². The second-order valence-corrected chi connectivity index (χ2v) is 9.54. The highest BCUT2D eigenvalue weighted by Gasteiger charge is 2.23. The van der Waals surface area contributed by atoms with Crippen molar-refractivity contribution in [3.05, 3.63) is 101 Å². The third-order valence-corrected chi connectivity index (χ3v) is 6.45. The zero-order valence-electron chi connectivity index (χ0n) is 22.4. The zero-order chi connectivity index (χ0) is 27.3. The molecule has 0 aliphatic carbocycles. The number of nitrogens with zero attached hydrogens (tertiary/aromatic N) is 1. The molecule has 5 N–H and O–H groups in total. The second kappa shape index (κ2) is 14.9. The number of para-hydroxylation sites is 1. The summed E-state index contributed by atoms with van der Waals surface area (Å²) in [5.41, 5.74) is 9.55. The number of nitrogen functional groups attached to an aromatic ring is 1. The molecule has 3 aromatic carbocycles. The third kappa shape index (κ3) is 8.43. The Morgan fingerprint density at radius 3 is 2.24 bits per heavy atom. The van der Waals surface area contributed by atoms with Crippen LogP contribution in [0.15, 0.2) is 78.9 Å². The van der Waals surface area contributed by atoms with E-state index in [4.69, 9.17) is 5.73 Å². The maximum Gasteiger partial charge on any atom is 0.253 e. The Bertz CT molecular complexity index is 1160. The number of rotatable bonds is 14. The fourth-order valence-electron chi connectivity index (χ4n) is 4.43. The molecular weight excluding hydrogens is 476 g/mol. The van der Waals surface area contributed by atoms with Crippen LogP contribution in [-0.2, 0) is 13.0 Å². The van der Waals surface area contributed by atoms with E-state index in [1.165, 1.54) is 0 Å². The number of benzene rings is 3. The van der Waals surface area contributed by atoms with Gasteiger partial charge in [0, 0.05) is 43.0 Å². The average Bonchev–Trinajstić information content (AvgIpc) is 2.93. The van der Waals surface area contributed by atoms with Crippen LogP contribution < -0.4 is 16.4 Å². The van der Waals surface area contributed by atoms with Gasteiger partial charge in [-0.2, -0.15) is 0 Å². The van der Waals surface area contributed by atoms with Crippen LogP contribution in [0.25, 0.3) is 0 Å². The number of carbonyl (C=O) groups is 2. The highest BCUT2D eigenvalue weighted by Crippen LogP contribution is 2.13. The first-order valence-electron chi connectivity index (χ1n) is 13.4. The van der Waals surface area contributed by atoms with Gasteiger partial charge in [-0.1, -0.05) is 68.4 Å². The number of nitrogens with two attached hydrogens (primary N) is 1. The Labute approximate surface area is 226 Å². The van der Waals surface area contributed by atoms with E-state index in [-0.39, 0.29) is 18.4 Å². The van der Waals surface area contributed by atoms with Gasteiger partial charge in [0.2, 0.25) is 0 Å². The molecule has 0 saturated heterocycles. The van der Waals surface area contributed by atoms with Crippen molar-refractivity contribution in [2.24, 2.45) is 0 Å². The van der Waals surface area contributed by atoms with Crippen molar-refractivity contribution in [2.45, 2.75) is 51.8 Å². The fourth-order valence-corrected chi connectivity index (χ4v) is 4.43. The smallest absolute Gasteiger partial charge is 0.253 e. The summed E-state index contributed by atoms with van der Waals surface area (Å²) in [5, 5.41) is 17.3. The molecule has 202 valence electrons. The van der Waals surface area contributed by atoms with Gasteiger partial charge in [-0.25, -0.2) is 0 Å². The Balaban J connectivity index is 1.72. The predicted octanol–water partition coefficient (Wildman–Crippen LogP) is 4.02. The van der Waals surface area contributed by atoms with Crippen LogP contribution in [0.4, 0.5) is 5.69 Å². The number of hydrogen-bond donors (Lipinski definition) is 4. The minimum Gasteiger partial charge on any atom is -0.398 e. The van der Waals surface area contributed by atoms with Crippen LogP contribution in [0.5, 0.6) is 0 Å². The standard InChI is InChI=1S/C31H40N4O3/c1-3-17-35(18-4-2)31(38)25-15-10-14-24(20-25)30(37)34-28(19-23-11-6-5-7-12-23)29(36)22-33-21-26-13-8-9-16-27(26)32/h5-16,20,28-29,33,36H,3-4,17-19,21-22,32H2,1-2H3,(H,34,37)/t28-,29+/m0/s1. The van der Waals surface area contributed by atoms with Crippen molar-refractivity contribution in [1.29, 1.82) is 0 Å². The first kappa shape index (κ1) is 28.9. The minimum absolute atomic E-state index is 0.0754. The summed E-state index contributed by atoms with van der Waals surface area (Å²) in [6.45, 7) is 6.22. The topological polar surface area (TPSA) is 108 Å². The summed E-state index contributed by atoms with van der Waals surface area (Å²) >= 11 is 0. The summed E-state index contributed by atoms with van der Waals surface area (Å²) in [5.74, 6) is -0.405. The van der Waals surface area contributed by atoms with Gasteiger partial charge in [-0.05, 0) is 54.7 Å². The van der Waals surface area contributed by atoms with Gasteiger partial charge in [0.25, 0.3) is 11.8 Å². The summed E-state index contributed by atoms with van der Waals surface area (Å²) in [6, 6.07) is 23.6. The number of amides is 2. The van der Waals surface area contributed by atoms with Gasteiger partial charge in [0.15, 0.2) is 0 Å². The van der Waals surface area contributed by atoms with E-state index >= 15 is 0 Å². The van der Waals surface area contributed by atoms with Gasteiger partial charge in [-0.15, -0.1) is 0 Å². The Kier molecular flexibility index (Phi) is 11.3. The normalized spacial score (nSPS) is 12.5. The van der Waals surface area contributed by atoms with E-state index in [2.05, 4.69) is 10.6 Å². The van der Waals surface area contributed by atoms with Crippen LogP contribution in [0.3, 0.4) is 0 Å². The lowest BCUT2D eigenvalue weighted by atomic mass is 10.00. The Hall–Kier alpha value is -3.68. The molecule has 3 rings (SSSR count). The van der Waals surface area contributed by atoms with E-state index in [0.717, 1.165) is 24.0 Å². The largest absolute Gasteiger partial charge is 0.398 e. The molecule has 0 spiro atoms. The van der Waals surface area contributed by atoms with E-state index in [0.29, 0.717) is 42.9 Å². The molecular formula is C31H40N4O3. The Morgan fingerprint density at radius 1 is 0.895 bits per heavy atom. The van der Waals surface area contributed by atoms with Gasteiger partial charge in [0.1, 0.15) is 0 Å². The van der Waals surface area contributed by atoms with Gasteiger partial charge >= 0.3 is 0 Å². The van der Waals surface area contributed by atoms with Gasteiger partial charge in [0.05, 0.1) is 12.1 Å². The molecule has 2 atom stereocenters. The number of carbonyl (C=O) groups excluding carboxylic acids is 2. The molecule has 3 aromatic rings. The molecule has 0 unspecified atom stereocenters. The van der Waals surface area contributed by atoms with Crippen molar-refractivity contribution in [3.63, 3.8) is 0 Å². The van der Waals surface area contributed by atoms with Gasteiger partial charge < -0.3 is 26.4 Å². The summed E-state index contributed by atoms with van der Waals surface area (Å²) in [7, 11) is 0. The first-order valence-corrected chi connectivity index (χ1v) is 13.4. The molecule has 0 fully saturated rings. The number of hydrogen-bond acceptors (Lipinski definition) is 5. The van der Waals surface area contributed by atoms with E-state index < -0.39 is 12.1 Å². The molecule has 38 heavy (non-hydrogen) atoms. The summed E-state index contributed by atoms with van der Waals surface area (Å²) in [4.78, 5) is 28.2. The monoisotopic (exact) mass is 516 g/mol. The van der Waals surface area contributed by atoms with Crippen LogP contribution >= 0.6 is 0 Å². The Morgan fingerprint density at radius 2 is 1.55 bits per heavy atom. The van der Waals surface area contributed by atoms with Crippen LogP contribution in [-0.4, -0.2) is 53.6 Å². The quantitative estimate of drug-likeness (QED) is 0.242. The van der Waals surface area contributed by atoms with E-state index in [9.17, 15) is 14.7 Å². The van der Waals surface area contributed by atoms with E-state index in [1.807, 2.05) is 73.3 Å². The molecule has 7 nitrogen and oxygen atoms in total. The lowest BCUT2D eigenvalue weighted by molar-refractivity contribution is 0.0755. The molecule has 0 aliphatic heterocycles. The molecule has 0 radical (unpaired) electrons. The molecule has 0 saturated carbocycles. The molecule has 0 aliphatic rings. The molecule has 0 bridgehead atoms. The lowest BCUT2D eigenvalue weighted by Gasteiger charge is -2.25. The molecule has 7 heteroatoms. The summed E-state index contributed by atoms with van der Waals surface area (Å²) in [6.07, 6.45) is 1.35. The van der Waals surface area contributed by atoms with Crippen molar-refractivity contribution in [2.75, 3.05) is 25.4 Å². The average molecular weight is 517 g/mol. The van der Waals surface area contributed by atoms with Crippen molar-refractivity contribution >= 4 is 17.5 Å². The fraction of sp³-hybridized carbons (Fsp3) is 0.355. The SMILES string of the molecule is CCCN(CCC)C(=O)c1cccc(C(=O)N[C@@H](Cc2ccccc2)[C@H](O)CNCc2ccccc2N)c1. The molecule has 0 heterocycles. The van der Waals surface area contributed by atoms with Crippen LogP contribution in [0, 0.1) is 0 Å². The predicted molar refractivity (Wildman–Crippen MR) is 153 cm³/mol.